The molecule has 20 heavy (non-hydrogen) atoms. The number of hydrogen-bond donors (Lipinski definition) is 1. The number of alkyl halides is 1. The smallest absolute Gasteiger partial charge is 0.163 e. The van der Waals surface area contributed by atoms with Crippen molar-refractivity contribution in [2.75, 3.05) is 5.73 Å². The molecule has 0 bridgehead atoms. The van der Waals surface area contributed by atoms with Crippen LogP contribution in [0.1, 0.15) is 42.4 Å². The maximum Gasteiger partial charge on any atom is 0.163 e. The van der Waals surface area contributed by atoms with Crippen LogP contribution in [0.5, 0.6) is 0 Å². The first-order valence-electron chi connectivity index (χ1n) is 6.22. The largest absolute Gasteiger partial charge is 0.384 e. The van der Waals surface area contributed by atoms with E-state index in [1.807, 2.05) is 6.92 Å². The van der Waals surface area contributed by atoms with Gasteiger partial charge in [0.15, 0.2) is 5.78 Å². The summed E-state index contributed by atoms with van der Waals surface area (Å²) in [5.41, 5.74) is 5.87. The highest BCUT2D eigenvalue weighted by molar-refractivity contribution is 5.95. The van der Waals surface area contributed by atoms with Crippen molar-refractivity contribution in [2.45, 2.75) is 33.4 Å². The maximum atomic E-state index is 14.5. The molecule has 2 rings (SSSR count). The van der Waals surface area contributed by atoms with E-state index in [4.69, 9.17) is 5.73 Å². The molecule has 0 aliphatic rings. The fourth-order valence-electron chi connectivity index (χ4n) is 2.12. The van der Waals surface area contributed by atoms with Crippen molar-refractivity contribution in [3.05, 3.63) is 35.3 Å². The molecule has 2 aromatic heterocycles. The van der Waals surface area contributed by atoms with Crippen LogP contribution in [0.4, 0.5) is 10.2 Å². The molecular weight excluding hydrogens is 259 g/mol. The second-order valence-electron chi connectivity index (χ2n) is 5.24. The Morgan fingerprint density at radius 1 is 1.40 bits per heavy atom. The van der Waals surface area contributed by atoms with E-state index in [0.717, 1.165) is 5.56 Å². The van der Waals surface area contributed by atoms with Crippen LogP contribution in [0.15, 0.2) is 18.5 Å². The Morgan fingerprint density at radius 2 is 2.05 bits per heavy atom. The molecule has 0 unspecified atom stereocenters. The van der Waals surface area contributed by atoms with Gasteiger partial charge in [-0.2, -0.15) is 5.10 Å². The summed E-state index contributed by atoms with van der Waals surface area (Å²) in [6.45, 7) is 6.01. The Morgan fingerprint density at radius 3 is 2.60 bits per heavy atom. The Bertz CT molecular complexity index is 670. The number of hydrogen-bond acceptors (Lipinski definition) is 4. The predicted molar refractivity (Wildman–Crippen MR) is 74.6 cm³/mol. The summed E-state index contributed by atoms with van der Waals surface area (Å²) in [5.74, 6) is 0.0877. The third-order valence-electron chi connectivity index (χ3n) is 3.04. The van der Waals surface area contributed by atoms with Gasteiger partial charge in [0.1, 0.15) is 11.5 Å². The van der Waals surface area contributed by atoms with Crippen molar-refractivity contribution in [1.82, 2.24) is 14.8 Å². The number of ketones is 1. The molecule has 5 nitrogen and oxygen atoms in total. The number of aromatic nitrogens is 3. The molecule has 0 amide bonds. The van der Waals surface area contributed by atoms with Crippen LogP contribution in [0.2, 0.25) is 0 Å². The fourth-order valence-corrected chi connectivity index (χ4v) is 2.12. The van der Waals surface area contributed by atoms with Crippen LogP contribution >= 0.6 is 0 Å². The summed E-state index contributed by atoms with van der Waals surface area (Å²) < 4.78 is 15.9. The van der Waals surface area contributed by atoms with Gasteiger partial charge >= 0.3 is 0 Å². The molecule has 0 saturated carbocycles. The zero-order valence-corrected chi connectivity index (χ0v) is 11.9. The van der Waals surface area contributed by atoms with E-state index in [-0.39, 0.29) is 17.0 Å². The number of aryl methyl sites for hydroxylation is 1. The first kappa shape index (κ1) is 14.2. The molecule has 106 valence electrons. The van der Waals surface area contributed by atoms with Crippen LogP contribution < -0.4 is 5.73 Å². The predicted octanol–water partition coefficient (Wildman–Crippen LogP) is 2.57. The van der Waals surface area contributed by atoms with Crippen LogP contribution in [-0.4, -0.2) is 20.5 Å². The van der Waals surface area contributed by atoms with Crippen LogP contribution in [0.25, 0.3) is 5.69 Å². The molecule has 0 aromatic carbocycles. The van der Waals surface area contributed by atoms with Crippen LogP contribution in [0, 0.1) is 6.92 Å². The van der Waals surface area contributed by atoms with Gasteiger partial charge in [0, 0.05) is 12.3 Å². The van der Waals surface area contributed by atoms with Crippen molar-refractivity contribution in [1.29, 1.82) is 0 Å². The zero-order valence-electron chi connectivity index (χ0n) is 11.9. The molecule has 2 N–H and O–H groups in total. The second kappa shape index (κ2) is 4.70. The number of pyridine rings is 1. The quantitative estimate of drug-likeness (QED) is 0.874. The van der Waals surface area contributed by atoms with E-state index in [0.29, 0.717) is 11.5 Å². The van der Waals surface area contributed by atoms with Gasteiger partial charge in [0.2, 0.25) is 0 Å². The van der Waals surface area contributed by atoms with Crippen LogP contribution in [-0.2, 0) is 5.67 Å². The minimum atomic E-state index is -1.71. The first-order valence-corrected chi connectivity index (χ1v) is 6.22. The lowest BCUT2D eigenvalue weighted by Gasteiger charge is -2.19. The third kappa shape index (κ3) is 2.41. The summed E-state index contributed by atoms with van der Waals surface area (Å²) in [6.07, 6.45) is 2.98. The molecule has 0 saturated heterocycles. The monoisotopic (exact) mass is 276 g/mol. The molecule has 0 spiro atoms. The second-order valence-corrected chi connectivity index (χ2v) is 5.24. The number of nitrogens with two attached hydrogens (primary N) is 1. The Hall–Kier alpha value is -2.24. The standard InChI is InChI=1S/C14H17FN4O/c1-8-6-17-12(16)5-11(8)19-13(14(3,4)15)10(7-18-19)9(2)20/h5-7H,1-4H3,(H2,16,17). The molecule has 2 heterocycles. The van der Waals surface area contributed by atoms with E-state index in [1.165, 1.54) is 31.6 Å². The highest BCUT2D eigenvalue weighted by atomic mass is 19.1. The van der Waals surface area contributed by atoms with Crippen molar-refractivity contribution >= 4 is 11.6 Å². The van der Waals surface area contributed by atoms with Gasteiger partial charge < -0.3 is 5.73 Å². The molecule has 6 heteroatoms. The summed E-state index contributed by atoms with van der Waals surface area (Å²) in [5, 5.41) is 4.15. The summed E-state index contributed by atoms with van der Waals surface area (Å²) in [7, 11) is 0. The van der Waals surface area contributed by atoms with Crippen molar-refractivity contribution < 1.29 is 9.18 Å². The average Bonchev–Trinajstić information content (AvgIpc) is 2.76. The minimum absolute atomic E-state index is 0.221. The topological polar surface area (TPSA) is 73.8 Å². The number of carbonyl (C=O) groups excluding carboxylic acids is 1. The number of carbonyl (C=O) groups is 1. The molecule has 0 radical (unpaired) electrons. The minimum Gasteiger partial charge on any atom is -0.384 e. The summed E-state index contributed by atoms with van der Waals surface area (Å²) in [6, 6.07) is 1.61. The number of anilines is 1. The average molecular weight is 276 g/mol. The number of Topliss-reactive ketones (excluding diaryl/α,β-unsaturated/α-hetero) is 1. The van der Waals surface area contributed by atoms with Gasteiger partial charge in [-0.3, -0.25) is 4.79 Å². The van der Waals surface area contributed by atoms with Gasteiger partial charge in [-0.1, -0.05) is 0 Å². The van der Waals surface area contributed by atoms with E-state index < -0.39 is 5.67 Å². The number of rotatable bonds is 3. The Labute approximate surface area is 116 Å². The molecule has 2 aromatic rings. The first-order chi connectivity index (χ1) is 9.21. The van der Waals surface area contributed by atoms with Crippen LogP contribution in [0.3, 0.4) is 0 Å². The van der Waals surface area contributed by atoms with E-state index in [9.17, 15) is 9.18 Å². The van der Waals surface area contributed by atoms with Gasteiger partial charge in [0.25, 0.3) is 0 Å². The van der Waals surface area contributed by atoms with E-state index >= 15 is 0 Å². The summed E-state index contributed by atoms with van der Waals surface area (Å²) >= 11 is 0. The highest BCUT2D eigenvalue weighted by Gasteiger charge is 2.30. The molecule has 0 fully saturated rings. The van der Waals surface area contributed by atoms with Crippen molar-refractivity contribution in [3.8, 4) is 5.69 Å². The molecular formula is C14H17FN4O. The van der Waals surface area contributed by atoms with Crippen molar-refractivity contribution in [3.63, 3.8) is 0 Å². The normalized spacial score (nSPS) is 11.7. The van der Waals surface area contributed by atoms with Crippen molar-refractivity contribution in [2.24, 2.45) is 0 Å². The lowest BCUT2D eigenvalue weighted by molar-refractivity contribution is 0.101. The Balaban J connectivity index is 2.75. The fraction of sp³-hybridized carbons (Fsp3) is 0.357. The highest BCUT2D eigenvalue weighted by Crippen LogP contribution is 2.31. The van der Waals surface area contributed by atoms with Gasteiger partial charge in [-0.15, -0.1) is 0 Å². The number of halogens is 1. The van der Waals surface area contributed by atoms with E-state index in [1.54, 1.807) is 12.3 Å². The Kier molecular flexibility index (Phi) is 3.33. The molecule has 0 atom stereocenters. The van der Waals surface area contributed by atoms with E-state index in [2.05, 4.69) is 10.1 Å². The lowest BCUT2D eigenvalue weighted by Crippen LogP contribution is -2.20. The number of nitrogens with zero attached hydrogens (tertiary/aromatic N) is 3. The summed E-state index contributed by atoms with van der Waals surface area (Å²) in [4.78, 5) is 15.6. The van der Waals surface area contributed by atoms with Gasteiger partial charge in [-0.05, 0) is 33.3 Å². The lowest BCUT2D eigenvalue weighted by atomic mass is 10.0. The maximum absolute atomic E-state index is 14.5. The third-order valence-corrected chi connectivity index (χ3v) is 3.04. The SMILES string of the molecule is CC(=O)c1cnn(-c2cc(N)ncc2C)c1C(C)(C)F. The molecule has 0 aliphatic heterocycles. The number of nitrogen functional groups attached to an aromatic ring is 1. The molecule has 0 aliphatic carbocycles. The van der Waals surface area contributed by atoms with Gasteiger partial charge in [-0.25, -0.2) is 14.1 Å². The zero-order chi connectivity index (χ0) is 15.1. The van der Waals surface area contributed by atoms with Gasteiger partial charge in [0.05, 0.1) is 23.1 Å².